The number of benzene rings is 3. The summed E-state index contributed by atoms with van der Waals surface area (Å²) in [5.41, 5.74) is 3.97. The molecule has 0 spiro atoms. The quantitative estimate of drug-likeness (QED) is 0.562. The number of aliphatic carboxylic acids is 1. The lowest BCUT2D eigenvalue weighted by molar-refractivity contribution is -0.136. The Balaban J connectivity index is 1.61. The monoisotopic (exact) mass is 379 g/mol. The van der Waals surface area contributed by atoms with E-state index in [2.05, 4.69) is 5.32 Å². The zero-order valence-corrected chi connectivity index (χ0v) is 15.1. The average molecular weight is 379 g/mol. The van der Waals surface area contributed by atoms with Crippen LogP contribution in [-0.4, -0.2) is 11.1 Å². The molecule has 1 fully saturated rings. The van der Waals surface area contributed by atoms with Crippen LogP contribution in [0, 0.1) is 11.6 Å². The summed E-state index contributed by atoms with van der Waals surface area (Å²) in [7, 11) is 0. The number of halogens is 2. The maximum absolute atomic E-state index is 14.7. The Labute approximate surface area is 161 Å². The van der Waals surface area contributed by atoms with Gasteiger partial charge in [0, 0.05) is 5.69 Å². The number of hydrogen-bond acceptors (Lipinski definition) is 2. The molecule has 0 radical (unpaired) electrons. The van der Waals surface area contributed by atoms with Gasteiger partial charge in [-0.2, -0.15) is 0 Å². The number of nitrogens with one attached hydrogen (secondary N) is 1. The molecule has 0 unspecified atom stereocenters. The predicted molar refractivity (Wildman–Crippen MR) is 105 cm³/mol. The first-order valence-electron chi connectivity index (χ1n) is 9.17. The van der Waals surface area contributed by atoms with Crippen LogP contribution >= 0.6 is 0 Å². The lowest BCUT2D eigenvalue weighted by atomic mass is 10.0. The van der Waals surface area contributed by atoms with Gasteiger partial charge in [0.15, 0.2) is 0 Å². The van der Waals surface area contributed by atoms with Gasteiger partial charge in [-0.25, -0.2) is 8.78 Å². The topological polar surface area (TPSA) is 49.3 Å². The molecule has 0 aromatic heterocycles. The second-order valence-corrected chi connectivity index (χ2v) is 7.09. The summed E-state index contributed by atoms with van der Waals surface area (Å²) in [5.74, 6) is -1.23. The molecule has 1 aliphatic rings. The van der Waals surface area contributed by atoms with Crippen LogP contribution in [0.4, 0.5) is 20.2 Å². The van der Waals surface area contributed by atoms with Gasteiger partial charge in [-0.3, -0.25) is 4.79 Å². The Hall–Kier alpha value is -3.21. The number of carboxylic acids is 1. The third-order valence-corrected chi connectivity index (χ3v) is 4.94. The highest BCUT2D eigenvalue weighted by molar-refractivity contribution is 5.76. The van der Waals surface area contributed by atoms with E-state index >= 15 is 0 Å². The molecule has 0 aliphatic heterocycles. The molecular formula is C23H19F2NO2. The van der Waals surface area contributed by atoms with Gasteiger partial charge in [-0.15, -0.1) is 0 Å². The van der Waals surface area contributed by atoms with Crippen molar-refractivity contribution in [1.82, 2.24) is 0 Å². The first-order chi connectivity index (χ1) is 13.5. The third-order valence-electron chi connectivity index (χ3n) is 4.94. The molecule has 0 amide bonds. The van der Waals surface area contributed by atoms with Gasteiger partial charge in [0.25, 0.3) is 0 Å². The molecule has 0 bridgehead atoms. The van der Waals surface area contributed by atoms with Crippen LogP contribution in [0.5, 0.6) is 0 Å². The van der Waals surface area contributed by atoms with E-state index in [1.165, 1.54) is 18.2 Å². The molecule has 3 aromatic carbocycles. The van der Waals surface area contributed by atoms with Crippen molar-refractivity contribution in [3.05, 3.63) is 83.4 Å². The summed E-state index contributed by atoms with van der Waals surface area (Å²) in [6.45, 7) is 0. The van der Waals surface area contributed by atoms with Crippen LogP contribution in [0.3, 0.4) is 0 Å². The summed E-state index contributed by atoms with van der Waals surface area (Å²) in [5, 5.41) is 12.2. The molecule has 1 aliphatic carbocycles. The van der Waals surface area contributed by atoms with Crippen LogP contribution < -0.4 is 5.32 Å². The van der Waals surface area contributed by atoms with Crippen molar-refractivity contribution in [1.29, 1.82) is 0 Å². The first kappa shape index (κ1) is 18.2. The lowest BCUT2D eigenvalue weighted by Crippen LogP contribution is -2.05. The minimum absolute atomic E-state index is 0.127. The smallest absolute Gasteiger partial charge is 0.307 e. The minimum Gasteiger partial charge on any atom is -0.481 e. The number of rotatable bonds is 6. The third kappa shape index (κ3) is 4.03. The van der Waals surface area contributed by atoms with Crippen molar-refractivity contribution < 1.29 is 18.7 Å². The highest BCUT2D eigenvalue weighted by atomic mass is 19.1. The van der Waals surface area contributed by atoms with Gasteiger partial charge in [0.1, 0.15) is 11.6 Å². The lowest BCUT2D eigenvalue weighted by Gasteiger charge is -2.14. The summed E-state index contributed by atoms with van der Waals surface area (Å²) in [6, 6.07) is 16.3. The molecule has 3 aromatic rings. The second kappa shape index (κ2) is 7.43. The zero-order valence-electron chi connectivity index (χ0n) is 15.1. The van der Waals surface area contributed by atoms with Gasteiger partial charge in [0.05, 0.1) is 12.1 Å². The van der Waals surface area contributed by atoms with Crippen molar-refractivity contribution in [2.24, 2.45) is 0 Å². The van der Waals surface area contributed by atoms with Crippen molar-refractivity contribution in [2.45, 2.75) is 25.2 Å². The maximum atomic E-state index is 14.7. The maximum Gasteiger partial charge on any atom is 0.307 e. The molecule has 142 valence electrons. The number of anilines is 2. The molecule has 0 atom stereocenters. The van der Waals surface area contributed by atoms with Crippen LogP contribution in [0.25, 0.3) is 11.1 Å². The molecular weight excluding hydrogens is 360 g/mol. The van der Waals surface area contributed by atoms with Gasteiger partial charge in [-0.05, 0) is 71.3 Å². The van der Waals surface area contributed by atoms with Crippen LogP contribution in [0.1, 0.15) is 29.9 Å². The Morgan fingerprint density at radius 1 is 0.929 bits per heavy atom. The van der Waals surface area contributed by atoms with Crippen molar-refractivity contribution in [2.75, 3.05) is 5.32 Å². The summed E-state index contributed by atoms with van der Waals surface area (Å²) in [6.07, 6.45) is 2.12. The molecule has 28 heavy (non-hydrogen) atoms. The van der Waals surface area contributed by atoms with Gasteiger partial charge in [-0.1, -0.05) is 30.3 Å². The average Bonchev–Trinajstić information content (AvgIpc) is 3.50. The van der Waals surface area contributed by atoms with E-state index in [0.717, 1.165) is 18.4 Å². The van der Waals surface area contributed by atoms with E-state index in [1.54, 1.807) is 24.3 Å². The Bertz CT molecular complexity index is 1030. The van der Waals surface area contributed by atoms with Crippen molar-refractivity contribution in [3.63, 3.8) is 0 Å². The highest BCUT2D eigenvalue weighted by Gasteiger charge is 2.24. The molecule has 5 heteroatoms. The summed E-state index contributed by atoms with van der Waals surface area (Å²) >= 11 is 0. The largest absolute Gasteiger partial charge is 0.481 e. The van der Waals surface area contributed by atoms with Crippen LogP contribution in [0.15, 0.2) is 60.7 Å². The fraction of sp³-hybridized carbons (Fsp3) is 0.174. The van der Waals surface area contributed by atoms with Crippen LogP contribution in [0.2, 0.25) is 0 Å². The number of carbonyl (C=O) groups is 1. The van der Waals surface area contributed by atoms with Crippen LogP contribution in [-0.2, 0) is 11.2 Å². The van der Waals surface area contributed by atoms with E-state index in [-0.39, 0.29) is 17.9 Å². The first-order valence-corrected chi connectivity index (χ1v) is 9.17. The molecule has 3 nitrogen and oxygen atoms in total. The number of hydrogen-bond donors (Lipinski definition) is 2. The molecule has 4 rings (SSSR count). The fourth-order valence-corrected chi connectivity index (χ4v) is 3.30. The molecule has 0 heterocycles. The summed E-state index contributed by atoms with van der Waals surface area (Å²) < 4.78 is 27.7. The van der Waals surface area contributed by atoms with Crippen molar-refractivity contribution in [3.8, 4) is 11.1 Å². The molecule has 0 saturated heterocycles. The number of carboxylic acid groups (broad SMARTS) is 1. The minimum atomic E-state index is -0.928. The van der Waals surface area contributed by atoms with E-state index in [0.29, 0.717) is 28.3 Å². The van der Waals surface area contributed by atoms with Gasteiger partial charge >= 0.3 is 5.97 Å². The van der Waals surface area contributed by atoms with Gasteiger partial charge in [0.2, 0.25) is 0 Å². The molecule has 1 saturated carbocycles. The second-order valence-electron chi connectivity index (χ2n) is 7.09. The molecule has 2 N–H and O–H groups in total. The SMILES string of the molecule is O=C(O)Cc1cc(C2CC2)ccc1Nc1ccc(-c2ccc(F)cc2)cc1F. The standard InChI is InChI=1S/C23H19F2NO2/c24-19-7-3-15(4-8-19)17-6-10-22(20(25)12-17)26-21-9-5-16(14-1-2-14)11-18(21)13-23(27)28/h3-12,14,26H,1-2,13H2,(H,27,28). The Morgan fingerprint density at radius 3 is 2.25 bits per heavy atom. The van der Waals surface area contributed by atoms with E-state index in [9.17, 15) is 18.7 Å². The van der Waals surface area contributed by atoms with E-state index in [4.69, 9.17) is 0 Å². The van der Waals surface area contributed by atoms with Gasteiger partial charge < -0.3 is 10.4 Å². The van der Waals surface area contributed by atoms with Crippen molar-refractivity contribution >= 4 is 17.3 Å². The van der Waals surface area contributed by atoms with E-state index < -0.39 is 11.8 Å². The Morgan fingerprint density at radius 2 is 1.61 bits per heavy atom. The summed E-state index contributed by atoms with van der Waals surface area (Å²) in [4.78, 5) is 11.2. The zero-order chi connectivity index (χ0) is 19.7. The predicted octanol–water partition coefficient (Wildman–Crippen LogP) is 5.88. The highest BCUT2D eigenvalue weighted by Crippen LogP contribution is 2.41. The van der Waals surface area contributed by atoms with E-state index in [1.807, 2.05) is 18.2 Å². The normalized spacial score (nSPS) is 13.4. The Kier molecular flexibility index (Phi) is 4.82. The fourth-order valence-electron chi connectivity index (χ4n) is 3.30.